The highest BCUT2D eigenvalue weighted by Gasteiger charge is 2.40. The largest absolute Gasteiger partial charge is 0.315 e. The lowest BCUT2D eigenvalue weighted by Crippen LogP contribution is -2.52. The lowest BCUT2D eigenvalue weighted by molar-refractivity contribution is 0.159. The quantitative estimate of drug-likeness (QED) is 0.891. The Morgan fingerprint density at radius 2 is 1.95 bits per heavy atom. The maximum Gasteiger partial charge on any atom is 0.218 e. The first-order valence-corrected chi connectivity index (χ1v) is 9.04. The van der Waals surface area contributed by atoms with E-state index < -0.39 is 10.0 Å². The van der Waals surface area contributed by atoms with Crippen molar-refractivity contribution in [1.82, 2.24) is 14.5 Å². The average Bonchev–Trinajstić information content (AvgIpc) is 3.03. The Kier molecular flexibility index (Phi) is 4.31. The molecule has 2 saturated heterocycles. The van der Waals surface area contributed by atoms with Crippen LogP contribution >= 0.6 is 0 Å². The normalized spacial score (nSPS) is 28.8. The third-order valence-corrected chi connectivity index (χ3v) is 6.82. The SMILES string of the molecule is CN1CCN(S(=O)(=O)C2CCNC2)C(c2ccccc2)C1. The molecule has 0 amide bonds. The van der Waals surface area contributed by atoms with Crippen molar-refractivity contribution in [2.45, 2.75) is 17.7 Å². The number of hydrogen-bond donors (Lipinski definition) is 1. The van der Waals surface area contributed by atoms with Gasteiger partial charge in [0.15, 0.2) is 0 Å². The van der Waals surface area contributed by atoms with Crippen molar-refractivity contribution >= 4 is 10.0 Å². The van der Waals surface area contributed by atoms with Gasteiger partial charge in [-0.25, -0.2) is 8.42 Å². The molecule has 6 heteroatoms. The van der Waals surface area contributed by atoms with Crippen LogP contribution in [0.5, 0.6) is 0 Å². The Morgan fingerprint density at radius 3 is 2.62 bits per heavy atom. The number of likely N-dealkylation sites (N-methyl/N-ethyl adjacent to an activating group) is 1. The summed E-state index contributed by atoms with van der Waals surface area (Å²) in [7, 11) is -1.19. The molecule has 1 N–H and O–H groups in total. The molecule has 3 rings (SSSR count). The summed E-state index contributed by atoms with van der Waals surface area (Å²) < 4.78 is 27.6. The molecule has 0 bridgehead atoms. The molecule has 21 heavy (non-hydrogen) atoms. The second kappa shape index (κ2) is 6.04. The molecule has 1 aromatic rings. The smallest absolute Gasteiger partial charge is 0.218 e. The van der Waals surface area contributed by atoms with Gasteiger partial charge in [0.25, 0.3) is 0 Å². The van der Waals surface area contributed by atoms with Crippen LogP contribution in [0, 0.1) is 0 Å². The first-order chi connectivity index (χ1) is 10.1. The molecule has 0 spiro atoms. The summed E-state index contributed by atoms with van der Waals surface area (Å²) in [6.45, 7) is 3.50. The maximum absolute atomic E-state index is 12.9. The van der Waals surface area contributed by atoms with Gasteiger partial charge in [0.05, 0.1) is 11.3 Å². The van der Waals surface area contributed by atoms with Gasteiger partial charge < -0.3 is 10.2 Å². The molecular weight excluding hydrogens is 286 g/mol. The Bertz CT molecular complexity index is 570. The zero-order valence-corrected chi connectivity index (χ0v) is 13.2. The molecule has 2 fully saturated rings. The second-order valence-electron chi connectivity index (χ2n) is 5.96. The lowest BCUT2D eigenvalue weighted by atomic mass is 10.1. The molecule has 2 aliphatic heterocycles. The lowest BCUT2D eigenvalue weighted by Gasteiger charge is -2.40. The molecule has 0 aliphatic carbocycles. The number of sulfonamides is 1. The van der Waals surface area contributed by atoms with Crippen LogP contribution in [-0.4, -0.2) is 62.6 Å². The van der Waals surface area contributed by atoms with Gasteiger partial charge >= 0.3 is 0 Å². The highest BCUT2D eigenvalue weighted by Crippen LogP contribution is 2.30. The average molecular weight is 309 g/mol. The van der Waals surface area contributed by atoms with Gasteiger partial charge in [-0.05, 0) is 25.6 Å². The van der Waals surface area contributed by atoms with Gasteiger partial charge in [-0.3, -0.25) is 0 Å². The van der Waals surface area contributed by atoms with Crippen molar-refractivity contribution in [3.63, 3.8) is 0 Å². The Balaban J connectivity index is 1.91. The summed E-state index contributed by atoms with van der Waals surface area (Å²) in [6, 6.07) is 9.90. The zero-order chi connectivity index (χ0) is 14.9. The second-order valence-corrected chi connectivity index (χ2v) is 8.12. The van der Waals surface area contributed by atoms with E-state index in [0.717, 1.165) is 31.6 Å². The number of piperazine rings is 1. The monoisotopic (exact) mass is 309 g/mol. The Morgan fingerprint density at radius 1 is 1.19 bits per heavy atom. The molecule has 2 heterocycles. The number of hydrogen-bond acceptors (Lipinski definition) is 4. The van der Waals surface area contributed by atoms with Gasteiger partial charge in [0, 0.05) is 26.2 Å². The zero-order valence-electron chi connectivity index (χ0n) is 12.4. The van der Waals surface area contributed by atoms with Crippen LogP contribution in [0.25, 0.3) is 0 Å². The van der Waals surface area contributed by atoms with Crippen molar-refractivity contribution in [3.05, 3.63) is 35.9 Å². The third-order valence-electron chi connectivity index (χ3n) is 4.48. The van der Waals surface area contributed by atoms with E-state index in [1.54, 1.807) is 4.31 Å². The van der Waals surface area contributed by atoms with Crippen molar-refractivity contribution in [2.75, 3.05) is 39.8 Å². The van der Waals surface area contributed by atoms with Crippen LogP contribution < -0.4 is 5.32 Å². The van der Waals surface area contributed by atoms with Crippen molar-refractivity contribution in [3.8, 4) is 0 Å². The topological polar surface area (TPSA) is 52.7 Å². The molecule has 2 atom stereocenters. The van der Waals surface area contributed by atoms with Gasteiger partial charge in [-0.15, -0.1) is 0 Å². The van der Waals surface area contributed by atoms with E-state index in [-0.39, 0.29) is 11.3 Å². The van der Waals surface area contributed by atoms with Crippen LogP contribution in [0.2, 0.25) is 0 Å². The standard InChI is InChI=1S/C15H23N3O2S/c1-17-9-10-18(21(19,20)14-7-8-16-11-14)15(12-17)13-5-3-2-4-6-13/h2-6,14-16H,7-12H2,1H3. The summed E-state index contributed by atoms with van der Waals surface area (Å²) in [5.41, 5.74) is 1.08. The predicted molar refractivity (Wildman–Crippen MR) is 83.6 cm³/mol. The van der Waals surface area contributed by atoms with Crippen molar-refractivity contribution in [1.29, 1.82) is 0 Å². The minimum atomic E-state index is -3.24. The molecule has 5 nitrogen and oxygen atoms in total. The summed E-state index contributed by atoms with van der Waals surface area (Å²) >= 11 is 0. The molecule has 116 valence electrons. The number of rotatable bonds is 3. The number of nitrogens with one attached hydrogen (secondary N) is 1. The van der Waals surface area contributed by atoms with Gasteiger partial charge in [0.1, 0.15) is 0 Å². The van der Waals surface area contributed by atoms with Crippen LogP contribution in [0.15, 0.2) is 30.3 Å². The van der Waals surface area contributed by atoms with Gasteiger partial charge in [-0.1, -0.05) is 30.3 Å². The minimum absolute atomic E-state index is 0.0736. The van der Waals surface area contributed by atoms with E-state index in [4.69, 9.17) is 0 Å². The number of benzene rings is 1. The van der Waals surface area contributed by atoms with E-state index in [1.807, 2.05) is 30.3 Å². The van der Waals surface area contributed by atoms with E-state index in [1.165, 1.54) is 0 Å². The van der Waals surface area contributed by atoms with Crippen LogP contribution in [0.3, 0.4) is 0 Å². The predicted octanol–water partition coefficient (Wildman–Crippen LogP) is 0.667. The van der Waals surface area contributed by atoms with E-state index in [0.29, 0.717) is 13.1 Å². The molecule has 1 aromatic carbocycles. The van der Waals surface area contributed by atoms with Gasteiger partial charge in [0.2, 0.25) is 10.0 Å². The molecular formula is C15H23N3O2S. The Labute approximate surface area is 127 Å². The summed E-state index contributed by atoms with van der Waals surface area (Å²) in [4.78, 5) is 2.20. The van der Waals surface area contributed by atoms with E-state index in [9.17, 15) is 8.42 Å². The van der Waals surface area contributed by atoms with Crippen molar-refractivity contribution < 1.29 is 8.42 Å². The third kappa shape index (κ3) is 2.99. The molecule has 0 saturated carbocycles. The molecule has 0 radical (unpaired) electrons. The minimum Gasteiger partial charge on any atom is -0.315 e. The number of nitrogens with zero attached hydrogens (tertiary/aromatic N) is 2. The Hall–Kier alpha value is -0.950. The first kappa shape index (κ1) is 15.0. The fraction of sp³-hybridized carbons (Fsp3) is 0.600. The van der Waals surface area contributed by atoms with Crippen LogP contribution in [0.1, 0.15) is 18.0 Å². The fourth-order valence-electron chi connectivity index (χ4n) is 3.23. The fourth-order valence-corrected chi connectivity index (χ4v) is 5.23. The van der Waals surface area contributed by atoms with Crippen LogP contribution in [-0.2, 0) is 10.0 Å². The molecule has 2 unspecified atom stereocenters. The highest BCUT2D eigenvalue weighted by molar-refractivity contribution is 7.89. The summed E-state index contributed by atoms with van der Waals surface area (Å²) in [6.07, 6.45) is 0.718. The first-order valence-electron chi connectivity index (χ1n) is 7.54. The van der Waals surface area contributed by atoms with E-state index in [2.05, 4.69) is 17.3 Å². The van der Waals surface area contributed by atoms with E-state index >= 15 is 0 Å². The summed E-state index contributed by atoms with van der Waals surface area (Å²) in [5.74, 6) is 0. The maximum atomic E-state index is 12.9. The van der Waals surface area contributed by atoms with Gasteiger partial charge in [-0.2, -0.15) is 4.31 Å². The summed E-state index contributed by atoms with van der Waals surface area (Å²) in [5, 5.41) is 2.89. The molecule has 0 aromatic heterocycles. The van der Waals surface area contributed by atoms with Crippen LogP contribution in [0.4, 0.5) is 0 Å². The molecule has 2 aliphatic rings. The van der Waals surface area contributed by atoms with Crippen molar-refractivity contribution in [2.24, 2.45) is 0 Å². The highest BCUT2D eigenvalue weighted by atomic mass is 32.2.